The third-order valence-electron chi connectivity index (χ3n) is 6.58. The van der Waals surface area contributed by atoms with Crippen molar-refractivity contribution in [2.24, 2.45) is 0 Å². The van der Waals surface area contributed by atoms with Gasteiger partial charge in [-0.2, -0.15) is 0 Å². The molecular weight excluding hydrogens is 465 g/mol. The molecule has 7 nitrogen and oxygen atoms in total. The number of fused-ring (bicyclic) bond motifs is 3. The molecule has 3 aromatic heterocycles. The number of piperidine rings is 1. The van der Waals surface area contributed by atoms with E-state index in [2.05, 4.69) is 20.2 Å². The van der Waals surface area contributed by atoms with Crippen molar-refractivity contribution in [3.8, 4) is 11.3 Å². The minimum absolute atomic E-state index is 0.0653. The number of halogens is 1. The summed E-state index contributed by atoms with van der Waals surface area (Å²) in [5.41, 5.74) is 2.37. The third kappa shape index (κ3) is 4.97. The molecule has 1 saturated heterocycles. The second-order valence-corrected chi connectivity index (χ2v) is 9.98. The van der Waals surface area contributed by atoms with Gasteiger partial charge in [0.15, 0.2) is 10.7 Å². The molecule has 1 N–H and O–H groups in total. The van der Waals surface area contributed by atoms with E-state index in [1.807, 2.05) is 10.5 Å². The van der Waals surface area contributed by atoms with E-state index in [0.717, 1.165) is 29.6 Å². The number of imidazole rings is 1. The molecule has 0 saturated carbocycles. The van der Waals surface area contributed by atoms with E-state index in [-0.39, 0.29) is 17.3 Å². The van der Waals surface area contributed by atoms with Crippen LogP contribution in [0.2, 0.25) is 0 Å². The molecule has 0 unspecified atom stereocenters. The molecule has 35 heavy (non-hydrogen) atoms. The van der Waals surface area contributed by atoms with E-state index < -0.39 is 5.82 Å². The number of thiazole rings is 1. The number of carbonyl (C=O) groups excluding carboxylic acids is 2. The maximum Gasteiger partial charge on any atom is 0.251 e. The zero-order valence-electron chi connectivity index (χ0n) is 19.7. The molecule has 5 rings (SSSR count). The van der Waals surface area contributed by atoms with E-state index in [1.165, 1.54) is 56.8 Å². The highest BCUT2D eigenvalue weighted by Crippen LogP contribution is 2.31. The maximum atomic E-state index is 14.7. The van der Waals surface area contributed by atoms with Gasteiger partial charge in [-0.15, -0.1) is 0 Å². The lowest BCUT2D eigenvalue weighted by molar-refractivity contribution is 0.0958. The third-order valence-corrected chi connectivity index (χ3v) is 7.59. The Hall–Kier alpha value is -3.17. The standard InChI is InChI=1S/C26H28FN5O2S/c1-28-25(34)17-8-9-18(19(27)13-17)21-16-32-22-15-29-20(14-24(22)35-26(32)30-21)23(33)7-3-6-12-31-10-4-2-5-11-31/h8-9,13-16H,2-7,10-12H2,1H3,(H,28,34). The predicted octanol–water partition coefficient (Wildman–Crippen LogP) is 4.95. The van der Waals surface area contributed by atoms with Gasteiger partial charge in [-0.1, -0.05) is 17.8 Å². The zero-order valence-corrected chi connectivity index (χ0v) is 20.5. The number of amides is 1. The van der Waals surface area contributed by atoms with Crippen LogP contribution in [-0.4, -0.2) is 57.6 Å². The van der Waals surface area contributed by atoms with Crippen LogP contribution in [0.25, 0.3) is 26.4 Å². The quantitative estimate of drug-likeness (QED) is 0.278. The molecule has 182 valence electrons. The first kappa shape index (κ1) is 23.6. The molecule has 1 fully saturated rings. The molecule has 1 aliphatic rings. The largest absolute Gasteiger partial charge is 0.355 e. The number of likely N-dealkylation sites (tertiary alicyclic amines) is 1. The average molecular weight is 494 g/mol. The minimum atomic E-state index is -0.507. The zero-order chi connectivity index (χ0) is 24.4. The Morgan fingerprint density at radius 3 is 2.74 bits per heavy atom. The van der Waals surface area contributed by atoms with Crippen LogP contribution in [0.1, 0.15) is 59.4 Å². The number of hydrogen-bond donors (Lipinski definition) is 1. The Bertz CT molecular complexity index is 1390. The lowest BCUT2D eigenvalue weighted by Gasteiger charge is -2.26. The van der Waals surface area contributed by atoms with Crippen molar-refractivity contribution in [3.05, 3.63) is 53.7 Å². The Morgan fingerprint density at radius 2 is 1.97 bits per heavy atom. The van der Waals surface area contributed by atoms with Crippen molar-refractivity contribution < 1.29 is 14.0 Å². The van der Waals surface area contributed by atoms with E-state index in [1.54, 1.807) is 24.5 Å². The number of ketones is 1. The molecular formula is C26H28FN5O2S. The summed E-state index contributed by atoms with van der Waals surface area (Å²) in [7, 11) is 1.51. The summed E-state index contributed by atoms with van der Waals surface area (Å²) in [5, 5.41) is 2.49. The van der Waals surface area contributed by atoms with E-state index in [0.29, 0.717) is 28.3 Å². The van der Waals surface area contributed by atoms with Gasteiger partial charge in [0.1, 0.15) is 11.5 Å². The van der Waals surface area contributed by atoms with Crippen LogP contribution in [0.5, 0.6) is 0 Å². The fraction of sp³-hybridized carbons (Fsp3) is 0.385. The summed E-state index contributed by atoms with van der Waals surface area (Å²) < 4.78 is 17.5. The molecule has 0 spiro atoms. The van der Waals surface area contributed by atoms with Gasteiger partial charge in [0.2, 0.25) is 0 Å². The number of nitrogens with zero attached hydrogens (tertiary/aromatic N) is 4. The monoisotopic (exact) mass is 493 g/mol. The average Bonchev–Trinajstić information content (AvgIpc) is 3.44. The number of rotatable bonds is 8. The van der Waals surface area contributed by atoms with Crippen molar-refractivity contribution in [1.82, 2.24) is 24.6 Å². The fourth-order valence-corrected chi connectivity index (χ4v) is 5.64. The fourth-order valence-electron chi connectivity index (χ4n) is 4.62. The second-order valence-electron chi connectivity index (χ2n) is 8.97. The van der Waals surface area contributed by atoms with Crippen molar-refractivity contribution >= 4 is 38.2 Å². The summed E-state index contributed by atoms with van der Waals surface area (Å²) in [6, 6.07) is 6.19. The normalized spacial score (nSPS) is 14.6. The molecule has 0 radical (unpaired) electrons. The van der Waals surface area contributed by atoms with E-state index >= 15 is 0 Å². The highest BCUT2D eigenvalue weighted by molar-refractivity contribution is 7.23. The number of nitrogens with one attached hydrogen (secondary N) is 1. The topological polar surface area (TPSA) is 79.6 Å². The highest BCUT2D eigenvalue weighted by Gasteiger charge is 2.17. The van der Waals surface area contributed by atoms with Crippen LogP contribution < -0.4 is 5.32 Å². The van der Waals surface area contributed by atoms with E-state index in [4.69, 9.17) is 0 Å². The first-order valence-corrected chi connectivity index (χ1v) is 12.9. The molecule has 0 atom stereocenters. The molecule has 9 heteroatoms. The van der Waals surface area contributed by atoms with Gasteiger partial charge in [-0.05, 0) is 69.6 Å². The van der Waals surface area contributed by atoms with Crippen molar-refractivity contribution in [1.29, 1.82) is 0 Å². The van der Waals surface area contributed by atoms with Crippen LogP contribution in [0.4, 0.5) is 4.39 Å². The lowest BCUT2D eigenvalue weighted by Crippen LogP contribution is -2.30. The molecule has 4 aromatic rings. The number of hydrogen-bond acceptors (Lipinski definition) is 6. The Morgan fingerprint density at radius 1 is 1.14 bits per heavy atom. The number of pyridine rings is 1. The maximum absolute atomic E-state index is 14.7. The van der Waals surface area contributed by atoms with Gasteiger partial charge in [0, 0.05) is 30.8 Å². The molecule has 0 aliphatic carbocycles. The van der Waals surface area contributed by atoms with Gasteiger partial charge in [0.05, 0.1) is 22.1 Å². The van der Waals surface area contributed by atoms with Gasteiger partial charge < -0.3 is 10.2 Å². The number of benzene rings is 1. The highest BCUT2D eigenvalue weighted by atomic mass is 32.1. The summed E-state index contributed by atoms with van der Waals surface area (Å²) in [6.45, 7) is 3.43. The molecule has 1 aliphatic heterocycles. The summed E-state index contributed by atoms with van der Waals surface area (Å²) in [5.74, 6) is -0.784. The van der Waals surface area contributed by atoms with Gasteiger partial charge in [-0.25, -0.2) is 9.37 Å². The number of unbranched alkanes of at least 4 members (excludes halogenated alkanes) is 1. The summed E-state index contributed by atoms with van der Waals surface area (Å²) in [4.78, 5) is 36.6. The molecule has 4 heterocycles. The number of carbonyl (C=O) groups is 2. The SMILES string of the molecule is CNC(=O)c1ccc(-c2cn3c(n2)sc2cc(C(=O)CCCCN4CCCCC4)ncc23)c(F)c1. The Kier molecular flexibility index (Phi) is 6.88. The summed E-state index contributed by atoms with van der Waals surface area (Å²) in [6.07, 6.45) is 9.76. The van der Waals surface area contributed by atoms with Crippen LogP contribution in [0, 0.1) is 5.82 Å². The van der Waals surface area contributed by atoms with E-state index in [9.17, 15) is 14.0 Å². The van der Waals surface area contributed by atoms with Crippen LogP contribution in [0.15, 0.2) is 36.7 Å². The van der Waals surface area contributed by atoms with Crippen molar-refractivity contribution in [2.75, 3.05) is 26.7 Å². The Labute approximate surface area is 207 Å². The minimum Gasteiger partial charge on any atom is -0.355 e. The first-order chi connectivity index (χ1) is 17.0. The smallest absolute Gasteiger partial charge is 0.251 e. The molecule has 0 bridgehead atoms. The molecule has 1 aromatic carbocycles. The van der Waals surface area contributed by atoms with Gasteiger partial charge in [-0.3, -0.25) is 19.0 Å². The first-order valence-electron chi connectivity index (χ1n) is 12.1. The van der Waals surface area contributed by atoms with Crippen LogP contribution >= 0.6 is 11.3 Å². The number of aromatic nitrogens is 3. The van der Waals surface area contributed by atoms with Gasteiger partial charge in [0.25, 0.3) is 5.91 Å². The van der Waals surface area contributed by atoms with Gasteiger partial charge >= 0.3 is 0 Å². The van der Waals surface area contributed by atoms with Crippen molar-refractivity contribution in [2.45, 2.75) is 38.5 Å². The second kappa shape index (κ2) is 10.2. The lowest BCUT2D eigenvalue weighted by atomic mass is 10.1. The Balaban J connectivity index is 1.28. The van der Waals surface area contributed by atoms with Crippen LogP contribution in [0.3, 0.4) is 0 Å². The summed E-state index contributed by atoms with van der Waals surface area (Å²) >= 11 is 1.44. The predicted molar refractivity (Wildman–Crippen MR) is 136 cm³/mol. The van der Waals surface area contributed by atoms with Crippen molar-refractivity contribution in [3.63, 3.8) is 0 Å². The molecule has 1 amide bonds. The number of Topliss-reactive ketones (excluding diaryl/α,β-unsaturated/α-hetero) is 1. The van der Waals surface area contributed by atoms with Crippen LogP contribution in [-0.2, 0) is 0 Å².